The summed E-state index contributed by atoms with van der Waals surface area (Å²) in [5.74, 6) is 0.396. The molecule has 0 amide bonds. The van der Waals surface area contributed by atoms with Crippen LogP contribution in [0.4, 0.5) is 0 Å². The van der Waals surface area contributed by atoms with Gasteiger partial charge in [0.2, 0.25) is 10.0 Å². The van der Waals surface area contributed by atoms with Crippen molar-refractivity contribution in [1.29, 1.82) is 5.26 Å². The molecule has 1 heterocycles. The highest BCUT2D eigenvalue weighted by Gasteiger charge is 2.28. The maximum atomic E-state index is 12.4. The topological polar surface area (TPSA) is 61.2 Å². The van der Waals surface area contributed by atoms with Crippen LogP contribution in [0.2, 0.25) is 0 Å². The molecule has 0 aliphatic carbocycles. The molecule has 0 aromatic heterocycles. The third kappa shape index (κ3) is 2.55. The van der Waals surface area contributed by atoms with Gasteiger partial charge in [0.1, 0.15) is 0 Å². The molecule has 1 atom stereocenters. The first-order chi connectivity index (χ1) is 8.54. The van der Waals surface area contributed by atoms with E-state index in [0.717, 1.165) is 12.8 Å². The number of piperidine rings is 1. The third-order valence-corrected chi connectivity index (χ3v) is 5.08. The average molecular weight is 264 g/mol. The van der Waals surface area contributed by atoms with Gasteiger partial charge in [0.15, 0.2) is 0 Å². The van der Waals surface area contributed by atoms with Gasteiger partial charge < -0.3 is 0 Å². The molecule has 1 aromatic rings. The SMILES string of the molecule is C[C@@H]1CCCN(S(=O)(=O)c2cccc(C#N)c2)C1. The lowest BCUT2D eigenvalue weighted by Crippen LogP contribution is -2.39. The van der Waals surface area contributed by atoms with Crippen LogP contribution in [0.3, 0.4) is 0 Å². The zero-order valence-electron chi connectivity index (χ0n) is 10.3. The Kier molecular flexibility index (Phi) is 3.69. The van der Waals surface area contributed by atoms with E-state index in [9.17, 15) is 8.42 Å². The Labute approximate surface area is 108 Å². The highest BCUT2D eigenvalue weighted by Crippen LogP contribution is 2.23. The lowest BCUT2D eigenvalue weighted by Gasteiger charge is -2.30. The summed E-state index contributed by atoms with van der Waals surface area (Å²) in [6.07, 6.45) is 1.97. The van der Waals surface area contributed by atoms with E-state index in [1.54, 1.807) is 18.2 Å². The third-order valence-electron chi connectivity index (χ3n) is 3.22. The highest BCUT2D eigenvalue weighted by atomic mass is 32.2. The molecule has 0 N–H and O–H groups in total. The van der Waals surface area contributed by atoms with Gasteiger partial charge in [0.25, 0.3) is 0 Å². The van der Waals surface area contributed by atoms with Crippen LogP contribution in [-0.4, -0.2) is 25.8 Å². The van der Waals surface area contributed by atoms with Gasteiger partial charge in [-0.2, -0.15) is 9.57 Å². The summed E-state index contributed by atoms with van der Waals surface area (Å²) >= 11 is 0. The highest BCUT2D eigenvalue weighted by molar-refractivity contribution is 7.89. The molecule has 1 aliphatic heterocycles. The molecule has 0 bridgehead atoms. The Morgan fingerprint density at radius 2 is 2.22 bits per heavy atom. The molecule has 0 unspecified atom stereocenters. The van der Waals surface area contributed by atoms with Crippen molar-refractivity contribution in [3.05, 3.63) is 29.8 Å². The number of rotatable bonds is 2. The minimum atomic E-state index is -3.45. The lowest BCUT2D eigenvalue weighted by molar-refractivity contribution is 0.281. The first-order valence-electron chi connectivity index (χ1n) is 6.04. The summed E-state index contributed by atoms with van der Waals surface area (Å²) in [5, 5.41) is 8.82. The maximum absolute atomic E-state index is 12.4. The van der Waals surface area contributed by atoms with Crippen molar-refractivity contribution in [3.8, 4) is 6.07 Å². The molecule has 2 rings (SSSR count). The second-order valence-electron chi connectivity index (χ2n) is 4.75. The van der Waals surface area contributed by atoms with E-state index in [-0.39, 0.29) is 4.90 Å². The molecule has 18 heavy (non-hydrogen) atoms. The summed E-state index contributed by atoms with van der Waals surface area (Å²) in [6.45, 7) is 3.20. The molecule has 1 fully saturated rings. The zero-order valence-corrected chi connectivity index (χ0v) is 11.2. The van der Waals surface area contributed by atoms with Crippen LogP contribution in [0.25, 0.3) is 0 Å². The van der Waals surface area contributed by atoms with Crippen molar-refractivity contribution in [2.45, 2.75) is 24.7 Å². The van der Waals surface area contributed by atoms with Crippen LogP contribution in [0, 0.1) is 17.2 Å². The average Bonchev–Trinajstić information content (AvgIpc) is 2.39. The van der Waals surface area contributed by atoms with Crippen LogP contribution in [0.15, 0.2) is 29.2 Å². The van der Waals surface area contributed by atoms with E-state index in [1.165, 1.54) is 10.4 Å². The van der Waals surface area contributed by atoms with Crippen molar-refractivity contribution < 1.29 is 8.42 Å². The summed E-state index contributed by atoms with van der Waals surface area (Å²) in [5.41, 5.74) is 0.376. The Hall–Kier alpha value is -1.38. The fraction of sp³-hybridized carbons (Fsp3) is 0.462. The van der Waals surface area contributed by atoms with Gasteiger partial charge in [0.05, 0.1) is 16.5 Å². The summed E-state index contributed by atoms with van der Waals surface area (Å²) in [7, 11) is -3.45. The molecule has 0 saturated carbocycles. The maximum Gasteiger partial charge on any atom is 0.243 e. The number of hydrogen-bond acceptors (Lipinski definition) is 3. The van der Waals surface area contributed by atoms with Crippen LogP contribution in [0.5, 0.6) is 0 Å². The van der Waals surface area contributed by atoms with E-state index >= 15 is 0 Å². The van der Waals surface area contributed by atoms with E-state index in [1.807, 2.05) is 6.07 Å². The molecule has 4 nitrogen and oxygen atoms in total. The van der Waals surface area contributed by atoms with Gasteiger partial charge in [-0.05, 0) is 37.0 Å². The Morgan fingerprint density at radius 3 is 2.89 bits per heavy atom. The second kappa shape index (κ2) is 5.09. The van der Waals surface area contributed by atoms with Crippen molar-refractivity contribution in [2.75, 3.05) is 13.1 Å². The first-order valence-corrected chi connectivity index (χ1v) is 7.48. The Bertz CT molecular complexity index is 575. The molecule has 5 heteroatoms. The quantitative estimate of drug-likeness (QED) is 0.820. The summed E-state index contributed by atoms with van der Waals surface area (Å²) < 4.78 is 26.4. The second-order valence-corrected chi connectivity index (χ2v) is 6.69. The molecular formula is C13H16N2O2S. The Balaban J connectivity index is 2.33. The summed E-state index contributed by atoms with van der Waals surface area (Å²) in [6, 6.07) is 8.18. The van der Waals surface area contributed by atoms with Gasteiger partial charge in [-0.15, -0.1) is 0 Å². The number of nitrogens with zero attached hydrogens (tertiary/aromatic N) is 2. The fourth-order valence-corrected chi connectivity index (χ4v) is 3.88. The monoisotopic (exact) mass is 264 g/mol. The molecular weight excluding hydrogens is 248 g/mol. The molecule has 1 saturated heterocycles. The van der Waals surface area contributed by atoms with Gasteiger partial charge in [-0.3, -0.25) is 0 Å². The minimum Gasteiger partial charge on any atom is -0.207 e. The molecule has 1 aromatic carbocycles. The van der Waals surface area contributed by atoms with E-state index in [4.69, 9.17) is 5.26 Å². The molecule has 0 radical (unpaired) electrons. The number of nitriles is 1. The first kappa shape index (κ1) is 13.1. The fourth-order valence-electron chi connectivity index (χ4n) is 2.24. The van der Waals surface area contributed by atoms with Gasteiger partial charge in [-0.25, -0.2) is 8.42 Å². The van der Waals surface area contributed by atoms with E-state index in [0.29, 0.717) is 24.6 Å². The normalized spacial score (nSPS) is 21.4. The molecule has 1 aliphatic rings. The van der Waals surface area contributed by atoms with E-state index < -0.39 is 10.0 Å². The lowest BCUT2D eigenvalue weighted by atomic mass is 10.0. The van der Waals surface area contributed by atoms with Crippen molar-refractivity contribution in [3.63, 3.8) is 0 Å². The van der Waals surface area contributed by atoms with Crippen LogP contribution < -0.4 is 0 Å². The van der Waals surface area contributed by atoms with Gasteiger partial charge >= 0.3 is 0 Å². The van der Waals surface area contributed by atoms with Gasteiger partial charge in [0, 0.05) is 13.1 Å². The van der Waals surface area contributed by atoms with Crippen LogP contribution in [0.1, 0.15) is 25.3 Å². The van der Waals surface area contributed by atoms with Gasteiger partial charge in [-0.1, -0.05) is 13.0 Å². The van der Waals surface area contributed by atoms with Crippen LogP contribution in [-0.2, 0) is 10.0 Å². The molecule has 0 spiro atoms. The zero-order chi connectivity index (χ0) is 13.2. The minimum absolute atomic E-state index is 0.218. The molecule has 96 valence electrons. The smallest absolute Gasteiger partial charge is 0.207 e. The van der Waals surface area contributed by atoms with Crippen molar-refractivity contribution in [1.82, 2.24) is 4.31 Å². The Morgan fingerprint density at radius 1 is 1.44 bits per heavy atom. The van der Waals surface area contributed by atoms with Crippen molar-refractivity contribution in [2.24, 2.45) is 5.92 Å². The van der Waals surface area contributed by atoms with E-state index in [2.05, 4.69) is 6.92 Å². The number of benzene rings is 1. The number of sulfonamides is 1. The standard InChI is InChI=1S/C13H16N2O2S/c1-11-4-3-7-15(10-11)18(16,17)13-6-2-5-12(8-13)9-14/h2,5-6,8,11H,3-4,7,10H2,1H3/t11-/m1/s1. The predicted octanol–water partition coefficient (Wildman–Crippen LogP) is 1.98. The van der Waals surface area contributed by atoms with Crippen molar-refractivity contribution >= 4 is 10.0 Å². The predicted molar refractivity (Wildman–Crippen MR) is 68.3 cm³/mol. The largest absolute Gasteiger partial charge is 0.243 e. The number of hydrogen-bond donors (Lipinski definition) is 0. The summed E-state index contributed by atoms with van der Waals surface area (Å²) in [4.78, 5) is 0.218. The van der Waals surface area contributed by atoms with Crippen LogP contribution >= 0.6 is 0 Å².